The second-order valence-electron chi connectivity index (χ2n) is 3.35. The fourth-order valence-electron chi connectivity index (χ4n) is 1.61. The largest absolute Gasteiger partial charge is 0.326 e. The van der Waals surface area contributed by atoms with Crippen LogP contribution in [-0.2, 0) is 17.8 Å². The molecule has 3 N–H and O–H groups in total. The second kappa shape index (κ2) is 3.38. The maximum Gasteiger partial charge on any atom is 0.224 e. The minimum Gasteiger partial charge on any atom is -0.326 e. The highest BCUT2D eigenvalue weighted by molar-refractivity contribution is 5.93. The van der Waals surface area contributed by atoms with Gasteiger partial charge in [-0.05, 0) is 24.1 Å². The zero-order valence-electron chi connectivity index (χ0n) is 7.64. The molecular formula is C10H11FN2O. The monoisotopic (exact) mass is 194 g/mol. The molecule has 0 spiro atoms. The molecule has 0 fully saturated rings. The molecule has 0 unspecified atom stereocenters. The number of carbonyl (C=O) groups excluding carboxylic acids is 1. The maximum absolute atomic E-state index is 13.3. The van der Waals surface area contributed by atoms with Crippen LogP contribution in [0.5, 0.6) is 0 Å². The highest BCUT2D eigenvalue weighted by atomic mass is 19.1. The van der Waals surface area contributed by atoms with Gasteiger partial charge in [-0.25, -0.2) is 4.39 Å². The fourth-order valence-corrected chi connectivity index (χ4v) is 1.61. The molecule has 74 valence electrons. The molecule has 0 atom stereocenters. The number of carbonyl (C=O) groups is 1. The summed E-state index contributed by atoms with van der Waals surface area (Å²) in [5.74, 6) is -0.411. The number of nitrogens with one attached hydrogen (secondary N) is 1. The molecule has 0 radical (unpaired) electrons. The normalized spacial score (nSPS) is 14.9. The Labute approximate surface area is 81.1 Å². The molecule has 0 aromatic heterocycles. The first-order valence-corrected chi connectivity index (χ1v) is 4.52. The molecule has 1 amide bonds. The van der Waals surface area contributed by atoms with Gasteiger partial charge in [0, 0.05) is 24.2 Å². The molecular weight excluding hydrogens is 183 g/mol. The molecule has 0 saturated heterocycles. The summed E-state index contributed by atoms with van der Waals surface area (Å²) in [4.78, 5) is 11.0. The van der Waals surface area contributed by atoms with Crippen LogP contribution < -0.4 is 11.1 Å². The van der Waals surface area contributed by atoms with E-state index in [9.17, 15) is 9.18 Å². The summed E-state index contributed by atoms with van der Waals surface area (Å²) in [5, 5.41) is 2.63. The maximum atomic E-state index is 13.3. The van der Waals surface area contributed by atoms with Crippen LogP contribution in [0.3, 0.4) is 0 Å². The summed E-state index contributed by atoms with van der Waals surface area (Å²) in [6.07, 6.45) is 1.12. The average Bonchev–Trinajstić information content (AvgIpc) is 2.16. The van der Waals surface area contributed by atoms with E-state index in [0.717, 1.165) is 5.56 Å². The molecule has 3 nitrogen and oxygen atoms in total. The van der Waals surface area contributed by atoms with Crippen molar-refractivity contribution in [2.24, 2.45) is 5.73 Å². The predicted octanol–water partition coefficient (Wildman–Crippen LogP) is 1.17. The van der Waals surface area contributed by atoms with Crippen molar-refractivity contribution in [3.05, 3.63) is 29.1 Å². The summed E-state index contributed by atoms with van der Waals surface area (Å²) >= 11 is 0. The lowest BCUT2D eigenvalue weighted by Gasteiger charge is -2.17. The number of halogens is 1. The molecule has 2 rings (SSSR count). The van der Waals surface area contributed by atoms with Gasteiger partial charge in [0.1, 0.15) is 5.82 Å². The Morgan fingerprint density at radius 3 is 2.93 bits per heavy atom. The van der Waals surface area contributed by atoms with Crippen molar-refractivity contribution < 1.29 is 9.18 Å². The van der Waals surface area contributed by atoms with Gasteiger partial charge in [0.25, 0.3) is 0 Å². The van der Waals surface area contributed by atoms with Crippen molar-refractivity contribution in [2.45, 2.75) is 19.4 Å². The minimum atomic E-state index is -0.353. The van der Waals surface area contributed by atoms with Crippen molar-refractivity contribution in [3.8, 4) is 0 Å². The lowest BCUT2D eigenvalue weighted by molar-refractivity contribution is -0.116. The summed E-state index contributed by atoms with van der Waals surface area (Å²) < 4.78 is 13.3. The number of anilines is 1. The third-order valence-corrected chi connectivity index (χ3v) is 2.39. The highest BCUT2D eigenvalue weighted by Crippen LogP contribution is 2.25. The first kappa shape index (κ1) is 9.15. The van der Waals surface area contributed by atoms with E-state index in [0.29, 0.717) is 24.1 Å². The molecule has 1 aliphatic rings. The second-order valence-corrected chi connectivity index (χ2v) is 3.35. The molecule has 14 heavy (non-hydrogen) atoms. The number of rotatable bonds is 1. The molecule has 1 aliphatic heterocycles. The summed E-state index contributed by atoms with van der Waals surface area (Å²) in [7, 11) is 0. The van der Waals surface area contributed by atoms with Gasteiger partial charge < -0.3 is 11.1 Å². The van der Waals surface area contributed by atoms with Crippen molar-refractivity contribution in [1.29, 1.82) is 0 Å². The van der Waals surface area contributed by atoms with E-state index in [2.05, 4.69) is 5.32 Å². The lowest BCUT2D eigenvalue weighted by Crippen LogP contribution is -2.19. The molecule has 1 heterocycles. The number of fused-ring (bicyclic) bond motifs is 1. The van der Waals surface area contributed by atoms with Gasteiger partial charge in [0.05, 0.1) is 0 Å². The van der Waals surface area contributed by atoms with Crippen molar-refractivity contribution in [1.82, 2.24) is 0 Å². The number of aryl methyl sites for hydroxylation is 1. The van der Waals surface area contributed by atoms with Gasteiger partial charge in [-0.1, -0.05) is 0 Å². The van der Waals surface area contributed by atoms with Gasteiger partial charge in [-0.3, -0.25) is 4.79 Å². The zero-order valence-corrected chi connectivity index (χ0v) is 7.64. The third-order valence-electron chi connectivity index (χ3n) is 2.39. The molecule has 1 aromatic rings. The van der Waals surface area contributed by atoms with Gasteiger partial charge in [0.2, 0.25) is 5.91 Å². The summed E-state index contributed by atoms with van der Waals surface area (Å²) in [6, 6.07) is 3.07. The Bertz CT molecular complexity index is 390. The Morgan fingerprint density at radius 1 is 1.43 bits per heavy atom. The summed E-state index contributed by atoms with van der Waals surface area (Å²) in [5.41, 5.74) is 7.43. The van der Waals surface area contributed by atoms with Crippen molar-refractivity contribution >= 4 is 11.6 Å². The quantitative estimate of drug-likeness (QED) is 0.705. The van der Waals surface area contributed by atoms with Crippen LogP contribution in [0.4, 0.5) is 10.1 Å². The van der Waals surface area contributed by atoms with Crippen LogP contribution in [0, 0.1) is 5.82 Å². The highest BCUT2D eigenvalue weighted by Gasteiger charge is 2.16. The minimum absolute atomic E-state index is 0.0580. The van der Waals surface area contributed by atoms with Gasteiger partial charge >= 0.3 is 0 Å². The number of hydrogen-bond donors (Lipinski definition) is 2. The molecule has 1 aromatic carbocycles. The standard InChI is InChI=1S/C10H11FN2O/c11-8-4-9-6(3-7(8)5-12)1-2-10(14)13-9/h3-4H,1-2,5,12H2,(H,13,14). The fraction of sp³-hybridized carbons (Fsp3) is 0.300. The summed E-state index contributed by atoms with van der Waals surface area (Å²) in [6.45, 7) is 0.188. The molecule has 0 saturated carbocycles. The first-order valence-electron chi connectivity index (χ1n) is 4.52. The number of nitrogens with two attached hydrogens (primary N) is 1. The first-order chi connectivity index (χ1) is 6.70. The van der Waals surface area contributed by atoms with Crippen LogP contribution >= 0.6 is 0 Å². The van der Waals surface area contributed by atoms with E-state index >= 15 is 0 Å². The average molecular weight is 194 g/mol. The van der Waals surface area contributed by atoms with Gasteiger partial charge in [0.15, 0.2) is 0 Å². The van der Waals surface area contributed by atoms with Crippen LogP contribution in [0.2, 0.25) is 0 Å². The van der Waals surface area contributed by atoms with E-state index in [1.807, 2.05) is 0 Å². The number of amides is 1. The number of benzene rings is 1. The topological polar surface area (TPSA) is 55.1 Å². The Morgan fingerprint density at radius 2 is 2.21 bits per heavy atom. The van der Waals surface area contributed by atoms with E-state index in [4.69, 9.17) is 5.73 Å². The van der Waals surface area contributed by atoms with Gasteiger partial charge in [-0.2, -0.15) is 0 Å². The van der Waals surface area contributed by atoms with E-state index in [1.54, 1.807) is 6.07 Å². The SMILES string of the molecule is NCc1cc2c(cc1F)NC(=O)CC2. The molecule has 0 bridgehead atoms. The Hall–Kier alpha value is -1.42. The van der Waals surface area contributed by atoms with Gasteiger partial charge in [-0.15, -0.1) is 0 Å². The molecule has 0 aliphatic carbocycles. The van der Waals surface area contributed by atoms with E-state index in [-0.39, 0.29) is 18.3 Å². The van der Waals surface area contributed by atoms with E-state index < -0.39 is 0 Å². The van der Waals surface area contributed by atoms with Crippen LogP contribution in [-0.4, -0.2) is 5.91 Å². The lowest BCUT2D eigenvalue weighted by atomic mass is 10.00. The zero-order chi connectivity index (χ0) is 10.1. The smallest absolute Gasteiger partial charge is 0.224 e. The van der Waals surface area contributed by atoms with Crippen molar-refractivity contribution in [3.63, 3.8) is 0 Å². The predicted molar refractivity (Wildman–Crippen MR) is 51.2 cm³/mol. The third kappa shape index (κ3) is 1.48. The van der Waals surface area contributed by atoms with Crippen LogP contribution in [0.15, 0.2) is 12.1 Å². The van der Waals surface area contributed by atoms with Crippen LogP contribution in [0.25, 0.3) is 0 Å². The van der Waals surface area contributed by atoms with E-state index in [1.165, 1.54) is 6.07 Å². The molecule has 4 heteroatoms. The van der Waals surface area contributed by atoms with Crippen LogP contribution in [0.1, 0.15) is 17.5 Å². The number of hydrogen-bond acceptors (Lipinski definition) is 2. The van der Waals surface area contributed by atoms with Crippen molar-refractivity contribution in [2.75, 3.05) is 5.32 Å². The Balaban J connectivity index is 2.45. The Kier molecular flexibility index (Phi) is 2.21.